The molecule has 1 N–H and O–H groups in total. The summed E-state index contributed by atoms with van der Waals surface area (Å²) < 4.78 is 13.0. The predicted octanol–water partition coefficient (Wildman–Crippen LogP) is 2.62. The van der Waals surface area contributed by atoms with Crippen LogP contribution in [0.2, 0.25) is 0 Å². The molecule has 0 aliphatic heterocycles. The quantitative estimate of drug-likeness (QED) is 0.707. The highest BCUT2D eigenvalue weighted by Gasteiger charge is 2.14. The minimum atomic E-state index is -0.337. The first kappa shape index (κ1) is 10.2. The third-order valence-electron chi connectivity index (χ3n) is 2.08. The third kappa shape index (κ3) is 2.28. The normalized spacial score (nSPS) is 11.8. The summed E-state index contributed by atoms with van der Waals surface area (Å²) in [7, 11) is 0. The van der Waals surface area contributed by atoms with Crippen LogP contribution in [0.3, 0.4) is 0 Å². The molecule has 0 radical (unpaired) electrons. The zero-order valence-electron chi connectivity index (χ0n) is 8.26. The van der Waals surface area contributed by atoms with Gasteiger partial charge in [0.25, 0.3) is 0 Å². The summed E-state index contributed by atoms with van der Waals surface area (Å²) in [6.45, 7) is 5.93. The number of rotatable bonds is 1. The molecule has 0 bridgehead atoms. The molecule has 1 nitrogen and oxygen atoms in total. The van der Waals surface area contributed by atoms with Crippen molar-refractivity contribution < 1.29 is 9.50 Å². The van der Waals surface area contributed by atoms with Crippen molar-refractivity contribution in [1.29, 1.82) is 0 Å². The molecule has 13 heavy (non-hydrogen) atoms. The number of hydrogen-bond acceptors (Lipinski definition) is 1. The Hall–Kier alpha value is -0.890. The second-order valence-electron chi connectivity index (χ2n) is 4.21. The van der Waals surface area contributed by atoms with E-state index in [1.54, 1.807) is 12.1 Å². The van der Waals surface area contributed by atoms with Crippen molar-refractivity contribution >= 4 is 0 Å². The molecule has 0 spiro atoms. The molecule has 72 valence electrons. The Morgan fingerprint density at radius 2 is 1.92 bits per heavy atom. The van der Waals surface area contributed by atoms with Crippen LogP contribution < -0.4 is 0 Å². The van der Waals surface area contributed by atoms with E-state index in [9.17, 15) is 4.39 Å². The van der Waals surface area contributed by atoms with Gasteiger partial charge in [-0.1, -0.05) is 32.9 Å². The smallest absolute Gasteiger partial charge is 0.128 e. The van der Waals surface area contributed by atoms with E-state index >= 15 is 0 Å². The largest absolute Gasteiger partial charge is 0.392 e. The van der Waals surface area contributed by atoms with E-state index in [1.165, 1.54) is 6.07 Å². The summed E-state index contributed by atoms with van der Waals surface area (Å²) >= 11 is 0. The van der Waals surface area contributed by atoms with Crippen LogP contribution >= 0.6 is 0 Å². The van der Waals surface area contributed by atoms with E-state index in [1.807, 2.05) is 0 Å². The molecule has 0 heterocycles. The first-order valence-electron chi connectivity index (χ1n) is 4.35. The molecular formula is C11H15FO. The molecule has 0 unspecified atom stereocenters. The summed E-state index contributed by atoms with van der Waals surface area (Å²) in [6, 6.07) is 4.88. The van der Waals surface area contributed by atoms with Crippen LogP contribution in [0.25, 0.3) is 0 Å². The van der Waals surface area contributed by atoms with Crippen molar-refractivity contribution in [1.82, 2.24) is 0 Å². The van der Waals surface area contributed by atoms with Gasteiger partial charge in [0.15, 0.2) is 0 Å². The summed E-state index contributed by atoms with van der Waals surface area (Å²) in [6.07, 6.45) is 0. The number of aliphatic hydroxyl groups is 1. The van der Waals surface area contributed by atoms with Crippen molar-refractivity contribution in [2.75, 3.05) is 0 Å². The van der Waals surface area contributed by atoms with Gasteiger partial charge in [0.05, 0.1) is 6.61 Å². The molecule has 2 heteroatoms. The molecular weight excluding hydrogens is 167 g/mol. The lowest BCUT2D eigenvalue weighted by Gasteiger charge is -2.19. The van der Waals surface area contributed by atoms with Crippen molar-refractivity contribution in [3.63, 3.8) is 0 Å². The van der Waals surface area contributed by atoms with Gasteiger partial charge in [-0.15, -0.1) is 0 Å². The van der Waals surface area contributed by atoms with E-state index in [2.05, 4.69) is 20.8 Å². The molecule has 1 rings (SSSR count). The van der Waals surface area contributed by atoms with E-state index in [4.69, 9.17) is 5.11 Å². The van der Waals surface area contributed by atoms with Crippen LogP contribution in [-0.2, 0) is 12.0 Å². The van der Waals surface area contributed by atoms with E-state index < -0.39 is 0 Å². The Labute approximate surface area is 78.2 Å². The van der Waals surface area contributed by atoms with Gasteiger partial charge in [-0.25, -0.2) is 4.39 Å². The van der Waals surface area contributed by atoms with Gasteiger partial charge in [0.1, 0.15) is 5.82 Å². The number of aliphatic hydroxyl groups excluding tert-OH is 1. The Bertz CT molecular complexity index is 299. The van der Waals surface area contributed by atoms with E-state index in [0.717, 1.165) is 5.56 Å². The van der Waals surface area contributed by atoms with E-state index in [-0.39, 0.29) is 17.8 Å². The molecule has 0 saturated heterocycles. The highest BCUT2D eigenvalue weighted by molar-refractivity contribution is 5.29. The van der Waals surface area contributed by atoms with Gasteiger partial charge in [-0.05, 0) is 17.0 Å². The van der Waals surface area contributed by atoms with Gasteiger partial charge in [0, 0.05) is 5.56 Å². The Morgan fingerprint density at radius 3 is 2.38 bits per heavy atom. The lowest BCUT2D eigenvalue weighted by molar-refractivity contribution is 0.275. The van der Waals surface area contributed by atoms with Crippen molar-refractivity contribution in [2.45, 2.75) is 32.8 Å². The SMILES string of the molecule is CC(C)(C)c1ccc(F)c(CO)c1. The minimum Gasteiger partial charge on any atom is -0.392 e. The van der Waals surface area contributed by atoms with Crippen LogP contribution in [0.4, 0.5) is 4.39 Å². The van der Waals surface area contributed by atoms with Gasteiger partial charge in [-0.2, -0.15) is 0 Å². The highest BCUT2D eigenvalue weighted by Crippen LogP contribution is 2.24. The summed E-state index contributed by atoms with van der Waals surface area (Å²) in [5.41, 5.74) is 1.41. The van der Waals surface area contributed by atoms with Crippen molar-refractivity contribution in [3.05, 3.63) is 35.1 Å². The van der Waals surface area contributed by atoms with Crippen LogP contribution in [0, 0.1) is 5.82 Å². The average Bonchev–Trinajstić information content (AvgIpc) is 2.03. The van der Waals surface area contributed by atoms with Gasteiger partial charge in [-0.3, -0.25) is 0 Å². The fourth-order valence-corrected chi connectivity index (χ4v) is 1.16. The Kier molecular flexibility index (Phi) is 2.71. The molecule has 1 aromatic rings. The zero-order chi connectivity index (χ0) is 10.1. The lowest BCUT2D eigenvalue weighted by Crippen LogP contribution is -2.11. The first-order valence-corrected chi connectivity index (χ1v) is 4.35. The lowest BCUT2D eigenvalue weighted by atomic mass is 9.86. The summed E-state index contributed by atoms with van der Waals surface area (Å²) in [5.74, 6) is -0.337. The maximum atomic E-state index is 13.0. The fraction of sp³-hybridized carbons (Fsp3) is 0.455. The summed E-state index contributed by atoms with van der Waals surface area (Å²) in [5, 5.41) is 8.87. The molecule has 0 saturated carbocycles. The third-order valence-corrected chi connectivity index (χ3v) is 2.08. The van der Waals surface area contributed by atoms with Gasteiger partial charge >= 0.3 is 0 Å². The van der Waals surface area contributed by atoms with Crippen molar-refractivity contribution in [3.8, 4) is 0 Å². The molecule has 1 aromatic carbocycles. The van der Waals surface area contributed by atoms with Crippen LogP contribution in [0.1, 0.15) is 31.9 Å². The van der Waals surface area contributed by atoms with E-state index in [0.29, 0.717) is 5.56 Å². The highest BCUT2D eigenvalue weighted by atomic mass is 19.1. The molecule has 0 aromatic heterocycles. The van der Waals surface area contributed by atoms with Gasteiger partial charge < -0.3 is 5.11 Å². The second-order valence-corrected chi connectivity index (χ2v) is 4.21. The number of hydrogen-bond donors (Lipinski definition) is 1. The zero-order valence-corrected chi connectivity index (χ0v) is 8.26. The monoisotopic (exact) mass is 182 g/mol. The molecule has 0 amide bonds. The van der Waals surface area contributed by atoms with Crippen LogP contribution in [-0.4, -0.2) is 5.11 Å². The molecule has 0 atom stereocenters. The average molecular weight is 182 g/mol. The molecule has 0 aliphatic carbocycles. The fourth-order valence-electron chi connectivity index (χ4n) is 1.16. The van der Waals surface area contributed by atoms with Crippen molar-refractivity contribution in [2.24, 2.45) is 0 Å². The Balaban J connectivity index is 3.14. The molecule has 0 aliphatic rings. The van der Waals surface area contributed by atoms with Crippen LogP contribution in [0.15, 0.2) is 18.2 Å². The topological polar surface area (TPSA) is 20.2 Å². The number of halogens is 1. The summed E-state index contributed by atoms with van der Waals surface area (Å²) in [4.78, 5) is 0. The van der Waals surface area contributed by atoms with Crippen LogP contribution in [0.5, 0.6) is 0 Å². The molecule has 0 fully saturated rings. The first-order chi connectivity index (χ1) is 5.95. The maximum Gasteiger partial charge on any atom is 0.128 e. The maximum absolute atomic E-state index is 13.0. The van der Waals surface area contributed by atoms with Gasteiger partial charge in [0.2, 0.25) is 0 Å². The minimum absolute atomic E-state index is 0.00236. The Morgan fingerprint density at radius 1 is 1.31 bits per heavy atom. The standard InChI is InChI=1S/C11H15FO/c1-11(2,3)9-4-5-10(12)8(6-9)7-13/h4-6,13H,7H2,1-3H3. The second kappa shape index (κ2) is 3.46. The number of benzene rings is 1. The predicted molar refractivity (Wildman–Crippen MR) is 51.0 cm³/mol.